The van der Waals surface area contributed by atoms with Crippen LogP contribution in [0.4, 0.5) is 5.82 Å². The molecule has 0 unspecified atom stereocenters. The normalized spacial score (nSPS) is 15.9. The number of aliphatic hydroxyl groups excluding tert-OH is 1. The van der Waals surface area contributed by atoms with Crippen LogP contribution in [0.5, 0.6) is 0 Å². The fraction of sp³-hybridized carbons (Fsp3) is 0.500. The van der Waals surface area contributed by atoms with Gasteiger partial charge >= 0.3 is 0 Å². The van der Waals surface area contributed by atoms with Crippen molar-refractivity contribution in [3.05, 3.63) is 29.7 Å². The Balaban J connectivity index is 2.04. The molecule has 1 aromatic heterocycles. The molecule has 5 heteroatoms. The van der Waals surface area contributed by atoms with Crippen LogP contribution in [-0.2, 0) is 11.3 Å². The van der Waals surface area contributed by atoms with Crippen molar-refractivity contribution in [2.75, 3.05) is 31.7 Å². The summed E-state index contributed by atoms with van der Waals surface area (Å²) in [7, 11) is 1.71. The fourth-order valence-electron chi connectivity index (χ4n) is 1.86. The van der Waals surface area contributed by atoms with E-state index in [9.17, 15) is 0 Å². The summed E-state index contributed by atoms with van der Waals surface area (Å²) in [6.07, 6.45) is 6.47. The van der Waals surface area contributed by atoms with Crippen molar-refractivity contribution in [3.63, 3.8) is 0 Å². The molecule has 5 nitrogen and oxygen atoms in total. The van der Waals surface area contributed by atoms with Crippen molar-refractivity contribution in [2.45, 2.75) is 13.0 Å². The van der Waals surface area contributed by atoms with E-state index in [0.29, 0.717) is 12.3 Å². The average Bonchev–Trinajstić information content (AvgIpc) is 2.40. The summed E-state index contributed by atoms with van der Waals surface area (Å²) in [5, 5.41) is 9.02. The summed E-state index contributed by atoms with van der Waals surface area (Å²) in [6.45, 7) is 2.37. The van der Waals surface area contributed by atoms with E-state index in [1.54, 1.807) is 19.5 Å². The van der Waals surface area contributed by atoms with Crippen molar-refractivity contribution in [1.82, 2.24) is 9.97 Å². The largest absolute Gasteiger partial charge is 0.390 e. The van der Waals surface area contributed by atoms with E-state index in [4.69, 9.17) is 9.84 Å². The molecule has 0 saturated carbocycles. The van der Waals surface area contributed by atoms with Gasteiger partial charge in [-0.25, -0.2) is 4.98 Å². The molecule has 1 N–H and O–H groups in total. The van der Waals surface area contributed by atoms with Crippen LogP contribution < -0.4 is 4.90 Å². The first-order chi connectivity index (χ1) is 8.33. The number of anilines is 1. The molecule has 0 spiro atoms. The lowest BCUT2D eigenvalue weighted by Gasteiger charge is -2.27. The molecule has 0 aliphatic carbocycles. The van der Waals surface area contributed by atoms with Crippen LogP contribution in [-0.4, -0.2) is 41.9 Å². The predicted molar refractivity (Wildman–Crippen MR) is 64.7 cm³/mol. The zero-order valence-corrected chi connectivity index (χ0v) is 9.96. The molecule has 0 radical (unpaired) electrons. The second-order valence-electron chi connectivity index (χ2n) is 4.02. The van der Waals surface area contributed by atoms with Crippen molar-refractivity contribution >= 4 is 5.82 Å². The second-order valence-corrected chi connectivity index (χ2v) is 4.02. The highest BCUT2D eigenvalue weighted by Crippen LogP contribution is 2.17. The topological polar surface area (TPSA) is 58.5 Å². The number of hydrogen-bond donors (Lipinski definition) is 1. The van der Waals surface area contributed by atoms with E-state index < -0.39 is 0 Å². The third-order valence-electron chi connectivity index (χ3n) is 2.79. The summed E-state index contributed by atoms with van der Waals surface area (Å²) in [5.41, 5.74) is 1.93. The Kier molecular flexibility index (Phi) is 4.06. The Morgan fingerprint density at radius 2 is 2.35 bits per heavy atom. The minimum absolute atomic E-state index is 0.0700. The molecule has 2 heterocycles. The van der Waals surface area contributed by atoms with Gasteiger partial charge in [0, 0.05) is 20.2 Å². The van der Waals surface area contributed by atoms with Gasteiger partial charge in [0.05, 0.1) is 31.3 Å². The molecule has 2 rings (SSSR count). The van der Waals surface area contributed by atoms with Gasteiger partial charge in [-0.3, -0.25) is 4.98 Å². The summed E-state index contributed by atoms with van der Waals surface area (Å²) in [5.74, 6) is 0.823. The molecule has 0 fully saturated rings. The van der Waals surface area contributed by atoms with Crippen LogP contribution in [0.25, 0.3) is 0 Å². The first-order valence-electron chi connectivity index (χ1n) is 5.67. The van der Waals surface area contributed by atoms with Gasteiger partial charge in [0.2, 0.25) is 0 Å². The Bertz CT molecular complexity index is 406. The highest BCUT2D eigenvalue weighted by molar-refractivity contribution is 5.39. The second kappa shape index (κ2) is 5.75. The highest BCUT2D eigenvalue weighted by Gasteiger charge is 2.13. The maximum absolute atomic E-state index is 9.02. The molecule has 1 aliphatic heterocycles. The van der Waals surface area contributed by atoms with Gasteiger partial charge in [0.1, 0.15) is 5.82 Å². The molecule has 0 amide bonds. The number of aromatic nitrogens is 2. The van der Waals surface area contributed by atoms with Crippen molar-refractivity contribution in [3.8, 4) is 0 Å². The Hall–Kier alpha value is -1.46. The van der Waals surface area contributed by atoms with Gasteiger partial charge in [0.25, 0.3) is 0 Å². The molecule has 0 bridgehead atoms. The first kappa shape index (κ1) is 12.0. The van der Waals surface area contributed by atoms with Gasteiger partial charge in [-0.05, 0) is 12.0 Å². The number of aliphatic hydroxyl groups is 1. The predicted octanol–water partition coefficient (Wildman–Crippen LogP) is 0.752. The van der Waals surface area contributed by atoms with Crippen LogP contribution in [0.3, 0.4) is 0 Å². The summed E-state index contributed by atoms with van der Waals surface area (Å²) >= 11 is 0. The molecular formula is C12H17N3O2. The summed E-state index contributed by atoms with van der Waals surface area (Å²) in [6, 6.07) is 0. The number of nitrogens with zero attached hydrogens (tertiary/aromatic N) is 3. The Labute approximate surface area is 101 Å². The Morgan fingerprint density at radius 1 is 1.47 bits per heavy atom. The van der Waals surface area contributed by atoms with E-state index >= 15 is 0 Å². The number of rotatable bonds is 4. The number of hydrogen-bond acceptors (Lipinski definition) is 5. The SMILES string of the molecule is COCC1=CCN(c2cncc(CO)n2)CC1. The maximum Gasteiger partial charge on any atom is 0.147 e. The number of methoxy groups -OCH3 is 1. The minimum Gasteiger partial charge on any atom is -0.390 e. The molecule has 92 valence electrons. The smallest absolute Gasteiger partial charge is 0.147 e. The molecule has 0 aromatic carbocycles. The van der Waals surface area contributed by atoms with Crippen molar-refractivity contribution in [1.29, 1.82) is 0 Å². The zero-order chi connectivity index (χ0) is 12.1. The third-order valence-corrected chi connectivity index (χ3v) is 2.79. The highest BCUT2D eigenvalue weighted by atomic mass is 16.5. The van der Waals surface area contributed by atoms with E-state index in [0.717, 1.165) is 25.3 Å². The van der Waals surface area contributed by atoms with Crippen LogP contribution in [0, 0.1) is 0 Å². The lowest BCUT2D eigenvalue weighted by molar-refractivity contribution is 0.222. The van der Waals surface area contributed by atoms with Crippen molar-refractivity contribution in [2.24, 2.45) is 0 Å². The first-order valence-corrected chi connectivity index (χ1v) is 5.67. The maximum atomic E-state index is 9.02. The van der Waals surface area contributed by atoms with Crippen LogP contribution in [0.1, 0.15) is 12.1 Å². The van der Waals surface area contributed by atoms with Crippen LogP contribution >= 0.6 is 0 Å². The minimum atomic E-state index is -0.0700. The van der Waals surface area contributed by atoms with E-state index in [1.165, 1.54) is 5.57 Å². The third kappa shape index (κ3) is 3.01. The van der Waals surface area contributed by atoms with Crippen molar-refractivity contribution < 1.29 is 9.84 Å². The lowest BCUT2D eigenvalue weighted by atomic mass is 10.1. The molecule has 17 heavy (non-hydrogen) atoms. The molecule has 1 aromatic rings. The van der Waals surface area contributed by atoms with Gasteiger partial charge in [-0.2, -0.15) is 0 Å². The zero-order valence-electron chi connectivity index (χ0n) is 9.96. The fourth-order valence-corrected chi connectivity index (χ4v) is 1.86. The van der Waals surface area contributed by atoms with Gasteiger partial charge in [-0.15, -0.1) is 0 Å². The van der Waals surface area contributed by atoms with Crippen LogP contribution in [0.15, 0.2) is 24.0 Å². The van der Waals surface area contributed by atoms with Gasteiger partial charge in [-0.1, -0.05) is 6.08 Å². The van der Waals surface area contributed by atoms with Gasteiger partial charge < -0.3 is 14.7 Å². The Morgan fingerprint density at radius 3 is 3.00 bits per heavy atom. The average molecular weight is 235 g/mol. The molecule has 1 aliphatic rings. The molecule has 0 atom stereocenters. The number of ether oxygens (including phenoxy) is 1. The van der Waals surface area contributed by atoms with E-state index in [-0.39, 0.29) is 6.61 Å². The van der Waals surface area contributed by atoms with Gasteiger partial charge in [0.15, 0.2) is 0 Å². The standard InChI is InChI=1S/C12H17N3O2/c1-17-9-10-2-4-15(5-3-10)12-7-13-6-11(8-16)14-12/h2,6-7,16H,3-5,8-9H2,1H3. The summed E-state index contributed by atoms with van der Waals surface area (Å²) in [4.78, 5) is 10.6. The monoisotopic (exact) mass is 235 g/mol. The summed E-state index contributed by atoms with van der Waals surface area (Å²) < 4.78 is 5.11. The molecule has 0 saturated heterocycles. The lowest BCUT2D eigenvalue weighted by Crippen LogP contribution is -2.30. The van der Waals surface area contributed by atoms with E-state index in [1.807, 2.05) is 0 Å². The van der Waals surface area contributed by atoms with Crippen LogP contribution in [0.2, 0.25) is 0 Å². The quantitative estimate of drug-likeness (QED) is 0.780. The van der Waals surface area contributed by atoms with E-state index in [2.05, 4.69) is 20.9 Å². The molecular weight excluding hydrogens is 218 g/mol.